The summed E-state index contributed by atoms with van der Waals surface area (Å²) in [6, 6.07) is 5.63. The van der Waals surface area contributed by atoms with E-state index < -0.39 is 6.17 Å². The first-order chi connectivity index (χ1) is 14.2. The van der Waals surface area contributed by atoms with Gasteiger partial charge in [0.1, 0.15) is 6.17 Å². The maximum absolute atomic E-state index is 13.3. The zero-order valence-corrected chi connectivity index (χ0v) is 17.5. The molecule has 1 aromatic rings. The van der Waals surface area contributed by atoms with Crippen LogP contribution in [0.2, 0.25) is 0 Å². The summed E-state index contributed by atoms with van der Waals surface area (Å²) in [7, 11) is 1.72. The predicted molar refractivity (Wildman–Crippen MR) is 115 cm³/mol. The van der Waals surface area contributed by atoms with E-state index >= 15 is 0 Å². The molecule has 4 aliphatic rings. The van der Waals surface area contributed by atoms with Gasteiger partial charge in [-0.25, -0.2) is 4.39 Å². The Morgan fingerprint density at radius 2 is 2.00 bits per heavy atom. The number of likely N-dealkylation sites (tertiary alicyclic amines) is 1. The zero-order valence-electron chi connectivity index (χ0n) is 17.5. The summed E-state index contributed by atoms with van der Waals surface area (Å²) in [5.74, 6) is 1.66. The summed E-state index contributed by atoms with van der Waals surface area (Å²) in [4.78, 5) is 4.88. The van der Waals surface area contributed by atoms with E-state index in [0.29, 0.717) is 31.7 Å². The van der Waals surface area contributed by atoms with Crippen molar-refractivity contribution in [2.75, 3.05) is 38.3 Å². The lowest BCUT2D eigenvalue weighted by Gasteiger charge is -2.42. The molecule has 5 heteroatoms. The van der Waals surface area contributed by atoms with Gasteiger partial charge in [0.2, 0.25) is 0 Å². The molecule has 0 radical (unpaired) electrons. The first-order valence-electron chi connectivity index (χ1n) is 11.4. The van der Waals surface area contributed by atoms with Crippen molar-refractivity contribution in [1.29, 1.82) is 0 Å². The molecule has 0 bridgehead atoms. The van der Waals surface area contributed by atoms with E-state index in [1.807, 2.05) is 0 Å². The second-order valence-electron chi connectivity index (χ2n) is 9.07. The van der Waals surface area contributed by atoms with Gasteiger partial charge in [-0.05, 0) is 56.6 Å². The fraction of sp³-hybridized carbons (Fsp3) is 0.667. The maximum Gasteiger partial charge on any atom is 0.163 e. The molecule has 1 aromatic carbocycles. The highest BCUT2D eigenvalue weighted by Gasteiger charge is 2.39. The van der Waals surface area contributed by atoms with E-state index in [4.69, 9.17) is 9.47 Å². The lowest BCUT2D eigenvalue weighted by Crippen LogP contribution is -2.42. The highest BCUT2D eigenvalue weighted by molar-refractivity contribution is 5.78. The SMILES string of the molecule is COc1cc2c(cc1OCCCN1CC[C@@H](F)C1)N(C1CC1)C1CCCCC1=C2. The van der Waals surface area contributed by atoms with Crippen molar-refractivity contribution in [3.05, 3.63) is 23.3 Å². The van der Waals surface area contributed by atoms with E-state index in [2.05, 4.69) is 28.0 Å². The number of nitrogens with zero attached hydrogens (tertiary/aromatic N) is 2. The van der Waals surface area contributed by atoms with Gasteiger partial charge in [-0.15, -0.1) is 0 Å². The predicted octanol–water partition coefficient (Wildman–Crippen LogP) is 4.82. The van der Waals surface area contributed by atoms with Crippen LogP contribution in [0.3, 0.4) is 0 Å². The maximum atomic E-state index is 13.3. The van der Waals surface area contributed by atoms with Gasteiger partial charge >= 0.3 is 0 Å². The van der Waals surface area contributed by atoms with Crippen LogP contribution in [-0.2, 0) is 0 Å². The van der Waals surface area contributed by atoms with Crippen molar-refractivity contribution in [3.63, 3.8) is 0 Å². The largest absolute Gasteiger partial charge is 0.493 e. The Morgan fingerprint density at radius 3 is 2.76 bits per heavy atom. The second kappa shape index (κ2) is 8.17. The van der Waals surface area contributed by atoms with E-state index in [9.17, 15) is 4.39 Å². The number of hydrogen-bond donors (Lipinski definition) is 0. The lowest BCUT2D eigenvalue weighted by atomic mass is 9.84. The molecule has 2 saturated carbocycles. The second-order valence-corrected chi connectivity index (χ2v) is 9.07. The fourth-order valence-electron chi connectivity index (χ4n) is 5.31. The third-order valence-electron chi connectivity index (χ3n) is 6.92. The zero-order chi connectivity index (χ0) is 19.8. The molecule has 1 unspecified atom stereocenters. The van der Waals surface area contributed by atoms with Crippen LogP contribution in [0, 0.1) is 0 Å². The van der Waals surface area contributed by atoms with Crippen LogP contribution in [0.25, 0.3) is 6.08 Å². The molecule has 2 aliphatic heterocycles. The molecule has 1 saturated heterocycles. The minimum atomic E-state index is -0.650. The highest BCUT2D eigenvalue weighted by atomic mass is 19.1. The summed E-state index contributed by atoms with van der Waals surface area (Å²) < 4.78 is 25.2. The van der Waals surface area contributed by atoms with Crippen molar-refractivity contribution in [2.45, 2.75) is 69.6 Å². The number of methoxy groups -OCH3 is 1. The Bertz CT molecular complexity index is 776. The molecule has 3 fully saturated rings. The van der Waals surface area contributed by atoms with Gasteiger partial charge in [-0.1, -0.05) is 12.5 Å². The van der Waals surface area contributed by atoms with Crippen molar-refractivity contribution < 1.29 is 13.9 Å². The Kier molecular flexibility index (Phi) is 5.42. The number of rotatable bonds is 7. The van der Waals surface area contributed by atoms with Crippen molar-refractivity contribution >= 4 is 11.8 Å². The molecule has 0 N–H and O–H groups in total. The number of benzene rings is 1. The summed E-state index contributed by atoms with van der Waals surface area (Å²) in [5.41, 5.74) is 4.20. The molecule has 4 nitrogen and oxygen atoms in total. The highest BCUT2D eigenvalue weighted by Crippen LogP contribution is 2.48. The standard InChI is InChI=1S/C24H33FN2O2/c1-28-23-14-18-13-17-5-2-3-6-21(17)27(20-7-8-20)22(18)15-24(23)29-12-4-10-26-11-9-19(25)16-26/h13-15,19-21H,2-12,16H2,1H3/t19-,21?/m1/s1. The van der Waals surface area contributed by atoms with Gasteiger partial charge in [0.05, 0.1) is 19.8 Å². The molecule has 5 rings (SSSR count). The average molecular weight is 401 g/mol. The quantitative estimate of drug-likeness (QED) is 0.613. The van der Waals surface area contributed by atoms with Crippen LogP contribution >= 0.6 is 0 Å². The van der Waals surface area contributed by atoms with Gasteiger partial charge < -0.3 is 19.3 Å². The van der Waals surface area contributed by atoms with Gasteiger partial charge in [-0.3, -0.25) is 0 Å². The molecular formula is C24H33FN2O2. The molecule has 2 aliphatic carbocycles. The molecule has 2 atom stereocenters. The van der Waals surface area contributed by atoms with E-state index in [1.165, 1.54) is 49.8 Å². The third-order valence-corrected chi connectivity index (χ3v) is 6.92. The van der Waals surface area contributed by atoms with E-state index in [0.717, 1.165) is 31.0 Å². The minimum Gasteiger partial charge on any atom is -0.493 e. The number of alkyl halides is 1. The van der Waals surface area contributed by atoms with Gasteiger partial charge in [-0.2, -0.15) is 0 Å². The number of halogens is 1. The first kappa shape index (κ1) is 19.2. The summed E-state index contributed by atoms with van der Waals surface area (Å²) >= 11 is 0. The summed E-state index contributed by atoms with van der Waals surface area (Å²) in [6.07, 6.45) is 11.1. The van der Waals surface area contributed by atoms with Crippen molar-refractivity contribution in [1.82, 2.24) is 4.90 Å². The van der Waals surface area contributed by atoms with Crippen LogP contribution in [0.4, 0.5) is 10.1 Å². The number of hydrogen-bond acceptors (Lipinski definition) is 4. The van der Waals surface area contributed by atoms with Crippen LogP contribution in [-0.4, -0.2) is 56.5 Å². The first-order valence-corrected chi connectivity index (χ1v) is 11.4. The molecule has 0 spiro atoms. The van der Waals surface area contributed by atoms with Crippen LogP contribution in [0.15, 0.2) is 17.7 Å². The smallest absolute Gasteiger partial charge is 0.163 e. The average Bonchev–Trinajstić information content (AvgIpc) is 3.49. The van der Waals surface area contributed by atoms with Crippen molar-refractivity contribution in [2.24, 2.45) is 0 Å². The van der Waals surface area contributed by atoms with Gasteiger partial charge in [0, 0.05) is 43.0 Å². The topological polar surface area (TPSA) is 24.9 Å². The van der Waals surface area contributed by atoms with Crippen LogP contribution < -0.4 is 14.4 Å². The monoisotopic (exact) mass is 400 g/mol. The van der Waals surface area contributed by atoms with E-state index in [1.54, 1.807) is 12.7 Å². The van der Waals surface area contributed by atoms with E-state index in [-0.39, 0.29) is 0 Å². The third kappa shape index (κ3) is 3.98. The Labute approximate surface area is 173 Å². The van der Waals surface area contributed by atoms with Crippen LogP contribution in [0.1, 0.15) is 56.9 Å². The molecule has 0 amide bonds. The Morgan fingerprint density at radius 1 is 1.10 bits per heavy atom. The van der Waals surface area contributed by atoms with Gasteiger partial charge in [0.25, 0.3) is 0 Å². The molecule has 158 valence electrons. The minimum absolute atomic E-state index is 0.578. The molecule has 2 heterocycles. The molecule has 0 aromatic heterocycles. The number of fused-ring (bicyclic) bond motifs is 2. The summed E-state index contributed by atoms with van der Waals surface area (Å²) in [5, 5.41) is 0. The fourth-order valence-corrected chi connectivity index (χ4v) is 5.31. The van der Waals surface area contributed by atoms with Crippen molar-refractivity contribution in [3.8, 4) is 11.5 Å². The molecular weight excluding hydrogens is 367 g/mol. The lowest BCUT2D eigenvalue weighted by molar-refractivity contribution is 0.242. The Hall–Kier alpha value is -1.75. The molecule has 29 heavy (non-hydrogen) atoms. The Balaban J connectivity index is 1.32. The van der Waals surface area contributed by atoms with Gasteiger partial charge in [0.15, 0.2) is 11.5 Å². The summed E-state index contributed by atoms with van der Waals surface area (Å²) in [6.45, 7) is 2.98. The normalized spacial score (nSPS) is 26.7. The number of anilines is 1. The van der Waals surface area contributed by atoms with Crippen LogP contribution in [0.5, 0.6) is 11.5 Å². The number of ether oxygens (including phenoxy) is 2.